The molecular formula is C11H19BrO. The van der Waals surface area contributed by atoms with Gasteiger partial charge in [0.2, 0.25) is 0 Å². The van der Waals surface area contributed by atoms with Crippen LogP contribution in [-0.2, 0) is 0 Å². The highest BCUT2D eigenvalue weighted by atomic mass is 79.9. The molecule has 2 saturated carbocycles. The van der Waals surface area contributed by atoms with E-state index in [1.807, 2.05) is 0 Å². The summed E-state index contributed by atoms with van der Waals surface area (Å²) in [5, 5.41) is 9.78. The van der Waals surface area contributed by atoms with Crippen molar-refractivity contribution in [2.24, 2.45) is 11.3 Å². The molecule has 2 aliphatic rings. The van der Waals surface area contributed by atoms with Gasteiger partial charge in [-0.25, -0.2) is 0 Å². The van der Waals surface area contributed by atoms with E-state index < -0.39 is 0 Å². The highest BCUT2D eigenvalue weighted by Crippen LogP contribution is 2.51. The average molecular weight is 247 g/mol. The first-order chi connectivity index (χ1) is 6.12. The van der Waals surface area contributed by atoms with Gasteiger partial charge < -0.3 is 5.11 Å². The third-order valence-electron chi connectivity index (χ3n) is 4.14. The van der Waals surface area contributed by atoms with Gasteiger partial charge in [0.25, 0.3) is 0 Å². The van der Waals surface area contributed by atoms with E-state index >= 15 is 0 Å². The quantitative estimate of drug-likeness (QED) is 0.652. The molecule has 0 radical (unpaired) electrons. The van der Waals surface area contributed by atoms with Gasteiger partial charge in [-0.05, 0) is 37.0 Å². The second-order valence-corrected chi connectivity index (χ2v) is 6.30. The van der Waals surface area contributed by atoms with E-state index in [1.54, 1.807) is 0 Å². The predicted molar refractivity (Wildman–Crippen MR) is 58.0 cm³/mol. The molecule has 0 spiro atoms. The Morgan fingerprint density at radius 2 is 2.15 bits per heavy atom. The number of hydrogen-bond acceptors (Lipinski definition) is 1. The van der Waals surface area contributed by atoms with E-state index in [2.05, 4.69) is 22.9 Å². The zero-order valence-corrected chi connectivity index (χ0v) is 9.89. The summed E-state index contributed by atoms with van der Waals surface area (Å²) < 4.78 is 0. The van der Waals surface area contributed by atoms with Crippen LogP contribution in [0.25, 0.3) is 0 Å². The summed E-state index contributed by atoms with van der Waals surface area (Å²) in [6.45, 7) is 2.41. The van der Waals surface area contributed by atoms with Crippen molar-refractivity contribution in [2.45, 2.75) is 56.4 Å². The fraction of sp³-hybridized carbons (Fsp3) is 1.00. The fourth-order valence-corrected chi connectivity index (χ4v) is 4.12. The highest BCUT2D eigenvalue weighted by Gasteiger charge is 2.44. The monoisotopic (exact) mass is 246 g/mol. The maximum Gasteiger partial charge on any atom is 0.0668 e. The first-order valence-electron chi connectivity index (χ1n) is 5.44. The summed E-state index contributed by atoms with van der Waals surface area (Å²) in [4.78, 5) is 0.340. The molecule has 0 aromatic rings. The third kappa shape index (κ3) is 1.80. The Morgan fingerprint density at radius 3 is 2.92 bits per heavy atom. The summed E-state index contributed by atoms with van der Waals surface area (Å²) in [7, 11) is 0. The highest BCUT2D eigenvalue weighted by molar-refractivity contribution is 9.09. The van der Waals surface area contributed by atoms with Gasteiger partial charge in [-0.15, -0.1) is 0 Å². The van der Waals surface area contributed by atoms with Crippen LogP contribution in [0.5, 0.6) is 0 Å². The van der Waals surface area contributed by atoms with Crippen LogP contribution in [0.2, 0.25) is 0 Å². The van der Waals surface area contributed by atoms with Crippen LogP contribution in [0.15, 0.2) is 0 Å². The second kappa shape index (κ2) is 3.54. The van der Waals surface area contributed by atoms with E-state index in [4.69, 9.17) is 0 Å². The molecule has 1 nitrogen and oxygen atoms in total. The molecular weight excluding hydrogens is 228 g/mol. The van der Waals surface area contributed by atoms with Crippen LogP contribution >= 0.6 is 15.9 Å². The lowest BCUT2D eigenvalue weighted by Gasteiger charge is -2.48. The molecule has 2 heteroatoms. The van der Waals surface area contributed by atoms with E-state index in [0.717, 1.165) is 12.3 Å². The smallest absolute Gasteiger partial charge is 0.0668 e. The van der Waals surface area contributed by atoms with Gasteiger partial charge in [0.1, 0.15) is 0 Å². The molecule has 13 heavy (non-hydrogen) atoms. The maximum atomic E-state index is 9.78. The van der Waals surface area contributed by atoms with Crippen LogP contribution in [0.3, 0.4) is 0 Å². The van der Waals surface area contributed by atoms with Crippen molar-refractivity contribution in [3.63, 3.8) is 0 Å². The molecule has 0 bridgehead atoms. The second-order valence-electron chi connectivity index (χ2n) is 5.12. The lowest BCUT2D eigenvalue weighted by atomic mass is 9.60. The summed E-state index contributed by atoms with van der Waals surface area (Å²) in [5.74, 6) is 0.782. The maximum absolute atomic E-state index is 9.78. The zero-order chi connectivity index (χ0) is 9.47. The van der Waals surface area contributed by atoms with Crippen molar-refractivity contribution in [3.05, 3.63) is 0 Å². The molecule has 0 saturated heterocycles. The van der Waals surface area contributed by atoms with Gasteiger partial charge in [0.05, 0.1) is 6.10 Å². The molecule has 0 aliphatic heterocycles. The number of rotatable bonds is 0. The standard InChI is InChI=1S/C11H19BrO/c1-11-5-3-2-4-8(11)6-10(13)9(12)7-11/h8-10,13H,2-7H2,1H3/t8-,9+,10-,11-/m0/s1. The van der Waals surface area contributed by atoms with Gasteiger partial charge in [0, 0.05) is 4.83 Å². The molecule has 4 atom stereocenters. The van der Waals surface area contributed by atoms with Gasteiger partial charge in [0.15, 0.2) is 0 Å². The lowest BCUT2D eigenvalue weighted by molar-refractivity contribution is -0.000942. The van der Waals surface area contributed by atoms with Crippen LogP contribution < -0.4 is 0 Å². The fourth-order valence-electron chi connectivity index (χ4n) is 3.16. The number of alkyl halides is 1. The molecule has 0 aromatic heterocycles. The van der Waals surface area contributed by atoms with Gasteiger partial charge >= 0.3 is 0 Å². The summed E-state index contributed by atoms with van der Waals surface area (Å²) in [5.41, 5.74) is 0.519. The van der Waals surface area contributed by atoms with Crippen molar-refractivity contribution in [1.82, 2.24) is 0 Å². The molecule has 2 aliphatic carbocycles. The van der Waals surface area contributed by atoms with Crippen LogP contribution in [0, 0.1) is 11.3 Å². The summed E-state index contributed by atoms with van der Waals surface area (Å²) in [6, 6.07) is 0. The minimum atomic E-state index is -0.101. The first kappa shape index (κ1) is 9.97. The lowest BCUT2D eigenvalue weighted by Crippen LogP contribution is -2.44. The number of aliphatic hydroxyl groups is 1. The topological polar surface area (TPSA) is 20.2 Å². The van der Waals surface area contributed by atoms with E-state index in [1.165, 1.54) is 32.1 Å². The van der Waals surface area contributed by atoms with Crippen molar-refractivity contribution < 1.29 is 5.11 Å². The number of fused-ring (bicyclic) bond motifs is 1. The van der Waals surface area contributed by atoms with Crippen LogP contribution in [-0.4, -0.2) is 16.0 Å². The summed E-state index contributed by atoms with van der Waals surface area (Å²) in [6.07, 6.45) is 7.56. The van der Waals surface area contributed by atoms with Crippen LogP contribution in [0.1, 0.15) is 45.4 Å². The molecule has 0 heterocycles. The molecule has 0 unspecified atom stereocenters. The molecule has 1 N–H and O–H groups in total. The summed E-state index contributed by atoms with van der Waals surface area (Å²) >= 11 is 3.60. The largest absolute Gasteiger partial charge is 0.392 e. The van der Waals surface area contributed by atoms with Crippen molar-refractivity contribution in [1.29, 1.82) is 0 Å². The first-order valence-corrected chi connectivity index (χ1v) is 6.35. The van der Waals surface area contributed by atoms with Crippen molar-refractivity contribution in [2.75, 3.05) is 0 Å². The molecule has 0 amide bonds. The minimum Gasteiger partial charge on any atom is -0.392 e. The number of halogens is 1. The van der Waals surface area contributed by atoms with E-state index in [0.29, 0.717) is 10.2 Å². The van der Waals surface area contributed by atoms with Crippen molar-refractivity contribution in [3.8, 4) is 0 Å². The van der Waals surface area contributed by atoms with E-state index in [9.17, 15) is 5.11 Å². The molecule has 0 aromatic carbocycles. The van der Waals surface area contributed by atoms with Gasteiger partial charge in [-0.1, -0.05) is 35.7 Å². The normalized spacial score (nSPS) is 51.5. The predicted octanol–water partition coefficient (Wildman–Crippen LogP) is 3.10. The number of aliphatic hydroxyl groups excluding tert-OH is 1. The Hall–Kier alpha value is 0.440. The molecule has 76 valence electrons. The Balaban J connectivity index is 2.10. The Morgan fingerprint density at radius 1 is 1.38 bits per heavy atom. The van der Waals surface area contributed by atoms with Crippen LogP contribution in [0.4, 0.5) is 0 Å². The third-order valence-corrected chi connectivity index (χ3v) is 5.07. The van der Waals surface area contributed by atoms with Crippen molar-refractivity contribution >= 4 is 15.9 Å². The minimum absolute atomic E-state index is 0.101. The molecule has 2 rings (SSSR count). The Bertz CT molecular complexity index is 195. The Labute approximate surface area is 89.0 Å². The Kier molecular flexibility index (Phi) is 2.72. The van der Waals surface area contributed by atoms with Gasteiger partial charge in [-0.2, -0.15) is 0 Å². The number of hydrogen-bond donors (Lipinski definition) is 1. The SMILES string of the molecule is C[C@@]12CCCC[C@H]1C[C@H](O)[C@H](Br)C2. The van der Waals surface area contributed by atoms with Gasteiger partial charge in [-0.3, -0.25) is 0 Å². The zero-order valence-electron chi connectivity index (χ0n) is 8.30. The van der Waals surface area contributed by atoms with E-state index in [-0.39, 0.29) is 6.10 Å². The average Bonchev–Trinajstić information content (AvgIpc) is 2.07. The molecule has 2 fully saturated rings.